The van der Waals surface area contributed by atoms with Crippen molar-refractivity contribution < 1.29 is 38.0 Å². The fourth-order valence-electron chi connectivity index (χ4n) is 5.63. The van der Waals surface area contributed by atoms with Crippen molar-refractivity contribution in [1.82, 2.24) is 0 Å². The molecule has 51 heavy (non-hydrogen) atoms. The number of rotatable bonds is 24. The number of unbranched alkanes of at least 4 members (excludes halogenated alkanes) is 3. The van der Waals surface area contributed by atoms with Gasteiger partial charge in [0.15, 0.2) is 0 Å². The van der Waals surface area contributed by atoms with Gasteiger partial charge in [-0.2, -0.15) is 0 Å². The van der Waals surface area contributed by atoms with E-state index in [4.69, 9.17) is 33.2 Å². The van der Waals surface area contributed by atoms with Crippen molar-refractivity contribution in [1.29, 1.82) is 0 Å². The third kappa shape index (κ3) is 12.9. The Balaban J connectivity index is 0.977. The highest BCUT2D eigenvalue weighted by atomic mass is 16.6. The molecule has 0 amide bonds. The average molecular weight is 697 g/mol. The van der Waals surface area contributed by atoms with E-state index in [9.17, 15) is 4.79 Å². The Morgan fingerprint density at radius 2 is 1.24 bits per heavy atom. The molecule has 3 aromatic rings. The summed E-state index contributed by atoms with van der Waals surface area (Å²) in [6, 6.07) is 23.3. The maximum absolute atomic E-state index is 11.0. The fourth-order valence-corrected chi connectivity index (χ4v) is 5.63. The van der Waals surface area contributed by atoms with E-state index in [1.807, 2.05) is 72.8 Å². The second kappa shape index (κ2) is 19.8. The van der Waals surface area contributed by atoms with Crippen molar-refractivity contribution in [2.45, 2.75) is 64.7 Å². The molecule has 2 saturated carbocycles. The summed E-state index contributed by atoms with van der Waals surface area (Å²) in [5.41, 5.74) is 3.61. The van der Waals surface area contributed by atoms with Crippen LogP contribution in [0.3, 0.4) is 0 Å². The van der Waals surface area contributed by atoms with Crippen LogP contribution >= 0.6 is 0 Å². The number of allylic oxidation sites excluding steroid dienone is 1. The van der Waals surface area contributed by atoms with Gasteiger partial charge >= 0.3 is 5.97 Å². The van der Waals surface area contributed by atoms with Crippen LogP contribution < -0.4 is 18.9 Å². The Hall–Kier alpha value is -4.53. The van der Waals surface area contributed by atoms with Gasteiger partial charge < -0.3 is 33.2 Å². The number of ether oxygens (including phenoxy) is 7. The number of esters is 1. The quantitative estimate of drug-likeness (QED) is 0.0397. The third-order valence-corrected chi connectivity index (χ3v) is 9.00. The second-order valence-electron chi connectivity index (χ2n) is 13.4. The predicted molar refractivity (Wildman–Crippen MR) is 200 cm³/mol. The third-order valence-electron chi connectivity index (χ3n) is 9.00. The van der Waals surface area contributed by atoms with Gasteiger partial charge in [-0.25, -0.2) is 4.79 Å². The molecule has 0 spiro atoms. The van der Waals surface area contributed by atoms with Crippen molar-refractivity contribution in [2.75, 3.05) is 46.2 Å². The lowest BCUT2D eigenvalue weighted by atomic mass is 9.71. The monoisotopic (exact) mass is 696 g/mol. The van der Waals surface area contributed by atoms with E-state index in [-0.39, 0.29) is 6.61 Å². The van der Waals surface area contributed by atoms with Crippen molar-refractivity contribution >= 4 is 17.5 Å². The first-order valence-corrected chi connectivity index (χ1v) is 18.2. The van der Waals surface area contributed by atoms with Gasteiger partial charge in [-0.3, -0.25) is 0 Å². The van der Waals surface area contributed by atoms with Gasteiger partial charge in [-0.1, -0.05) is 32.9 Å². The highest BCUT2D eigenvalue weighted by Gasteiger charge is 2.31. The number of carbonyl (C=O) groups excluding carboxylic acids is 1. The molecule has 0 aromatic heterocycles. The Labute approximate surface area is 303 Å². The summed E-state index contributed by atoms with van der Waals surface area (Å²) in [5.74, 6) is 3.97. The van der Waals surface area contributed by atoms with Crippen LogP contribution in [0.2, 0.25) is 0 Å². The van der Waals surface area contributed by atoms with Crippen molar-refractivity contribution in [3.8, 4) is 23.0 Å². The summed E-state index contributed by atoms with van der Waals surface area (Å²) >= 11 is 0. The van der Waals surface area contributed by atoms with Crippen LogP contribution in [0.15, 0.2) is 97.6 Å². The lowest BCUT2D eigenvalue weighted by Crippen LogP contribution is -2.31. The fraction of sp³-hybridized carbons (Fsp3) is 0.419. The standard InChI is InChI=1S/C43H52O8/c1-4-41(44)49-31-29-45-28-30-48-38-18-14-36(15-19-38)42(35-10-11-35)51-40-22-20-39(21-23-40)50-33(2)34-12-16-37(17-13-34)47-27-8-6-5-7-26-46-32-43(3)24-9-25-43/h4,12-23H,1-2,5-11,24-32H2,3H3. The molecule has 5 rings (SSSR count). The van der Waals surface area contributed by atoms with Gasteiger partial charge in [-0.15, -0.1) is 0 Å². The minimum absolute atomic E-state index is 0.185. The molecule has 0 N–H and O–H groups in total. The van der Waals surface area contributed by atoms with Crippen LogP contribution in [0.25, 0.3) is 11.5 Å². The second-order valence-corrected chi connectivity index (χ2v) is 13.4. The van der Waals surface area contributed by atoms with E-state index >= 15 is 0 Å². The minimum atomic E-state index is -0.460. The number of benzene rings is 3. The van der Waals surface area contributed by atoms with E-state index in [0.29, 0.717) is 43.4 Å². The Bertz CT molecular complexity index is 1560. The normalized spacial score (nSPS) is 14.2. The largest absolute Gasteiger partial charge is 0.494 e. The molecule has 272 valence electrons. The molecular formula is C43H52O8. The smallest absolute Gasteiger partial charge is 0.330 e. The summed E-state index contributed by atoms with van der Waals surface area (Å²) in [4.78, 5) is 11.0. The zero-order valence-corrected chi connectivity index (χ0v) is 30.0. The number of hydrogen-bond acceptors (Lipinski definition) is 8. The molecule has 0 bridgehead atoms. The van der Waals surface area contributed by atoms with E-state index < -0.39 is 5.97 Å². The summed E-state index contributed by atoms with van der Waals surface area (Å²) in [7, 11) is 0. The highest BCUT2D eigenvalue weighted by Crippen LogP contribution is 2.40. The Kier molecular flexibility index (Phi) is 14.6. The van der Waals surface area contributed by atoms with E-state index in [1.54, 1.807) is 0 Å². The molecule has 2 fully saturated rings. The maximum Gasteiger partial charge on any atom is 0.330 e. The molecule has 0 saturated heterocycles. The Morgan fingerprint density at radius 1 is 0.667 bits per heavy atom. The molecule has 8 heteroatoms. The predicted octanol–water partition coefficient (Wildman–Crippen LogP) is 9.59. The van der Waals surface area contributed by atoms with Gasteiger partial charge in [-0.05, 0) is 129 Å². The van der Waals surface area contributed by atoms with Crippen LogP contribution in [0.4, 0.5) is 0 Å². The highest BCUT2D eigenvalue weighted by molar-refractivity contribution is 5.81. The zero-order chi connectivity index (χ0) is 35.7. The zero-order valence-electron chi connectivity index (χ0n) is 30.0. The van der Waals surface area contributed by atoms with Gasteiger partial charge in [0.2, 0.25) is 0 Å². The van der Waals surface area contributed by atoms with Gasteiger partial charge in [0.25, 0.3) is 0 Å². The van der Waals surface area contributed by atoms with E-state index in [0.717, 1.165) is 85.5 Å². The molecule has 8 nitrogen and oxygen atoms in total. The molecule has 0 aliphatic heterocycles. The Morgan fingerprint density at radius 3 is 1.84 bits per heavy atom. The van der Waals surface area contributed by atoms with Crippen molar-refractivity contribution in [2.24, 2.45) is 5.41 Å². The van der Waals surface area contributed by atoms with Gasteiger partial charge in [0, 0.05) is 23.8 Å². The van der Waals surface area contributed by atoms with Gasteiger partial charge in [0.1, 0.15) is 47.7 Å². The first-order valence-electron chi connectivity index (χ1n) is 18.2. The molecule has 0 atom stereocenters. The van der Waals surface area contributed by atoms with Crippen molar-refractivity contribution in [3.05, 3.63) is 109 Å². The van der Waals surface area contributed by atoms with Crippen molar-refractivity contribution in [3.63, 3.8) is 0 Å². The molecule has 0 radical (unpaired) electrons. The first kappa shape index (κ1) is 37.7. The lowest BCUT2D eigenvalue weighted by molar-refractivity contribution is -0.139. The first-order chi connectivity index (χ1) is 24.9. The van der Waals surface area contributed by atoms with Crippen LogP contribution in [-0.2, 0) is 19.0 Å². The molecular weight excluding hydrogens is 644 g/mol. The minimum Gasteiger partial charge on any atom is -0.494 e. The molecule has 0 unspecified atom stereocenters. The SMILES string of the molecule is C=CC(=O)OCCOCCOc1ccc(C(Oc2ccc(OC(=C)c3ccc(OCCCCCCOCC4(C)CCC4)cc3)cc2)=C2CC2)cc1. The van der Waals surface area contributed by atoms with E-state index in [1.165, 1.54) is 31.3 Å². The summed E-state index contributed by atoms with van der Waals surface area (Å²) in [6.07, 6.45) is 11.6. The molecule has 2 aliphatic carbocycles. The summed E-state index contributed by atoms with van der Waals surface area (Å²) in [5, 5.41) is 0. The van der Waals surface area contributed by atoms with Crippen LogP contribution in [0, 0.1) is 5.41 Å². The van der Waals surface area contributed by atoms with Crippen LogP contribution in [0.5, 0.6) is 23.0 Å². The van der Waals surface area contributed by atoms with Gasteiger partial charge in [0.05, 0.1) is 26.4 Å². The number of hydrogen-bond donors (Lipinski definition) is 0. The summed E-state index contributed by atoms with van der Waals surface area (Å²) < 4.78 is 40.3. The molecule has 2 aliphatic rings. The van der Waals surface area contributed by atoms with Crippen LogP contribution in [0.1, 0.15) is 75.8 Å². The van der Waals surface area contributed by atoms with Crippen LogP contribution in [-0.4, -0.2) is 52.2 Å². The molecule has 0 heterocycles. The average Bonchev–Trinajstić information content (AvgIpc) is 3.99. The topological polar surface area (TPSA) is 81.7 Å². The number of carbonyl (C=O) groups is 1. The summed E-state index contributed by atoms with van der Waals surface area (Å²) in [6.45, 7) is 13.6. The maximum atomic E-state index is 11.0. The molecule has 3 aromatic carbocycles. The lowest BCUT2D eigenvalue weighted by Gasteiger charge is -2.37. The van der Waals surface area contributed by atoms with E-state index in [2.05, 4.69) is 20.1 Å².